The minimum Gasteiger partial charge on any atom is -0.508 e. The molecule has 0 saturated carbocycles. The van der Waals surface area contributed by atoms with E-state index in [-0.39, 0.29) is 24.9 Å². The highest BCUT2D eigenvalue weighted by atomic mass is 35.5. The molecule has 4 rings (SSSR count). The van der Waals surface area contributed by atoms with Crippen molar-refractivity contribution in [3.63, 3.8) is 0 Å². The highest BCUT2D eigenvalue weighted by Crippen LogP contribution is 2.39. The fourth-order valence-corrected chi connectivity index (χ4v) is 4.09. The molecule has 0 fully saturated rings. The number of carbonyl (C=O) groups is 1. The average Bonchev–Trinajstić information content (AvgIpc) is 2.74. The van der Waals surface area contributed by atoms with Gasteiger partial charge in [-0.1, -0.05) is 48.0 Å². The lowest BCUT2D eigenvalue weighted by atomic mass is 9.87. The van der Waals surface area contributed by atoms with Gasteiger partial charge in [-0.3, -0.25) is 4.79 Å². The summed E-state index contributed by atoms with van der Waals surface area (Å²) in [4.78, 5) is 14.7. The van der Waals surface area contributed by atoms with Crippen LogP contribution in [0, 0.1) is 5.82 Å². The van der Waals surface area contributed by atoms with E-state index in [1.54, 1.807) is 17.0 Å². The first-order valence-corrected chi connectivity index (χ1v) is 10.1. The zero-order valence-electron chi connectivity index (χ0n) is 16.2. The summed E-state index contributed by atoms with van der Waals surface area (Å²) in [7, 11) is 0. The molecule has 0 radical (unpaired) electrons. The van der Waals surface area contributed by atoms with Crippen LogP contribution < -0.4 is 0 Å². The maximum absolute atomic E-state index is 14.0. The Morgan fingerprint density at radius 2 is 1.93 bits per heavy atom. The SMILES string of the molecule is O=C(COCc1cccc(Cl)c1)N1CCc2ccccc2C1c1cc(F)ccc1O. The molecule has 3 aromatic rings. The van der Waals surface area contributed by atoms with Gasteiger partial charge in [0.2, 0.25) is 5.91 Å². The summed E-state index contributed by atoms with van der Waals surface area (Å²) in [6.07, 6.45) is 0.683. The molecule has 1 amide bonds. The molecule has 4 nitrogen and oxygen atoms in total. The summed E-state index contributed by atoms with van der Waals surface area (Å²) < 4.78 is 19.6. The number of nitrogens with zero attached hydrogens (tertiary/aromatic N) is 1. The Morgan fingerprint density at radius 3 is 2.77 bits per heavy atom. The molecule has 0 saturated heterocycles. The molecule has 1 aliphatic heterocycles. The third-order valence-electron chi connectivity index (χ3n) is 5.27. The molecule has 3 aromatic carbocycles. The molecular weight excluding hydrogens is 405 g/mol. The number of phenolic OH excluding ortho intramolecular Hbond substituents is 1. The van der Waals surface area contributed by atoms with E-state index >= 15 is 0 Å². The molecule has 1 atom stereocenters. The second kappa shape index (κ2) is 8.86. The zero-order valence-corrected chi connectivity index (χ0v) is 17.0. The molecule has 30 heavy (non-hydrogen) atoms. The van der Waals surface area contributed by atoms with Gasteiger partial charge < -0.3 is 14.7 Å². The number of carbonyl (C=O) groups excluding carboxylic acids is 1. The Kier molecular flexibility index (Phi) is 6.02. The highest BCUT2D eigenvalue weighted by Gasteiger charge is 2.33. The summed E-state index contributed by atoms with van der Waals surface area (Å²) in [5, 5.41) is 11.0. The van der Waals surface area contributed by atoms with Crippen LogP contribution in [-0.2, 0) is 22.6 Å². The Hall–Kier alpha value is -2.89. The normalized spacial score (nSPS) is 15.7. The van der Waals surface area contributed by atoms with E-state index in [9.17, 15) is 14.3 Å². The quantitative estimate of drug-likeness (QED) is 0.634. The van der Waals surface area contributed by atoms with Crippen molar-refractivity contribution in [2.24, 2.45) is 0 Å². The van der Waals surface area contributed by atoms with E-state index in [0.29, 0.717) is 23.6 Å². The predicted molar refractivity (Wildman–Crippen MR) is 113 cm³/mol. The average molecular weight is 426 g/mol. The van der Waals surface area contributed by atoms with Crippen LogP contribution in [0.3, 0.4) is 0 Å². The van der Waals surface area contributed by atoms with Gasteiger partial charge in [-0.25, -0.2) is 4.39 Å². The smallest absolute Gasteiger partial charge is 0.249 e. The maximum Gasteiger partial charge on any atom is 0.249 e. The topological polar surface area (TPSA) is 49.8 Å². The van der Waals surface area contributed by atoms with Gasteiger partial charge in [-0.05, 0) is 53.4 Å². The minimum atomic E-state index is -0.576. The fourth-order valence-electron chi connectivity index (χ4n) is 3.88. The fraction of sp³-hybridized carbons (Fsp3) is 0.208. The molecule has 0 aliphatic carbocycles. The number of hydrogen-bond acceptors (Lipinski definition) is 3. The lowest BCUT2D eigenvalue weighted by Gasteiger charge is -2.38. The van der Waals surface area contributed by atoms with Crippen LogP contribution in [0.2, 0.25) is 5.02 Å². The van der Waals surface area contributed by atoms with Crippen molar-refractivity contribution in [3.8, 4) is 5.75 Å². The Morgan fingerprint density at radius 1 is 1.10 bits per heavy atom. The molecule has 1 N–H and O–H groups in total. The van der Waals surface area contributed by atoms with Crippen LogP contribution in [-0.4, -0.2) is 29.1 Å². The standard InChI is InChI=1S/C24H21ClFNO3/c25-18-6-3-4-16(12-18)14-30-15-23(29)27-11-10-17-5-1-2-7-20(17)24(27)21-13-19(26)8-9-22(21)28/h1-9,12-13,24,28H,10-11,14-15H2. The molecule has 0 spiro atoms. The predicted octanol–water partition coefficient (Wildman–Crippen LogP) is 4.88. The molecule has 0 bridgehead atoms. The third-order valence-corrected chi connectivity index (χ3v) is 5.51. The first-order chi connectivity index (χ1) is 14.5. The number of amides is 1. The van der Waals surface area contributed by atoms with Gasteiger partial charge >= 0.3 is 0 Å². The number of halogens is 2. The van der Waals surface area contributed by atoms with Gasteiger partial charge in [-0.2, -0.15) is 0 Å². The van der Waals surface area contributed by atoms with Crippen LogP contribution >= 0.6 is 11.6 Å². The highest BCUT2D eigenvalue weighted by molar-refractivity contribution is 6.30. The molecule has 0 aromatic heterocycles. The number of benzene rings is 3. The first kappa shape index (κ1) is 20.4. The van der Waals surface area contributed by atoms with E-state index in [1.807, 2.05) is 36.4 Å². The number of hydrogen-bond donors (Lipinski definition) is 1. The van der Waals surface area contributed by atoms with Crippen LogP contribution in [0.15, 0.2) is 66.7 Å². The Labute approximate surface area is 179 Å². The van der Waals surface area contributed by atoms with Crippen molar-refractivity contribution < 1.29 is 19.0 Å². The van der Waals surface area contributed by atoms with Crippen molar-refractivity contribution >= 4 is 17.5 Å². The summed E-state index contributed by atoms with van der Waals surface area (Å²) in [6.45, 7) is 0.588. The third kappa shape index (κ3) is 4.32. The largest absolute Gasteiger partial charge is 0.508 e. The monoisotopic (exact) mass is 425 g/mol. The maximum atomic E-state index is 14.0. The number of fused-ring (bicyclic) bond motifs is 1. The second-order valence-corrected chi connectivity index (χ2v) is 7.70. The van der Waals surface area contributed by atoms with E-state index in [2.05, 4.69) is 0 Å². The second-order valence-electron chi connectivity index (χ2n) is 7.26. The number of aromatic hydroxyl groups is 1. The van der Waals surface area contributed by atoms with Crippen molar-refractivity contribution in [2.45, 2.75) is 19.1 Å². The van der Waals surface area contributed by atoms with Crippen molar-refractivity contribution in [2.75, 3.05) is 13.2 Å². The van der Waals surface area contributed by atoms with Crippen LogP contribution in [0.1, 0.15) is 28.3 Å². The summed E-state index contributed by atoms with van der Waals surface area (Å²) in [5.74, 6) is -0.730. The van der Waals surface area contributed by atoms with Gasteiger partial charge in [0.1, 0.15) is 18.2 Å². The van der Waals surface area contributed by atoms with E-state index in [4.69, 9.17) is 16.3 Å². The molecule has 6 heteroatoms. The van der Waals surface area contributed by atoms with Crippen molar-refractivity contribution in [3.05, 3.63) is 99.8 Å². The zero-order chi connectivity index (χ0) is 21.1. The molecule has 1 unspecified atom stereocenters. The van der Waals surface area contributed by atoms with Gasteiger partial charge in [0.25, 0.3) is 0 Å². The number of phenols is 1. The minimum absolute atomic E-state index is 0.0456. The van der Waals surface area contributed by atoms with Crippen molar-refractivity contribution in [1.29, 1.82) is 0 Å². The van der Waals surface area contributed by atoms with E-state index in [0.717, 1.165) is 16.7 Å². The van der Waals surface area contributed by atoms with E-state index < -0.39 is 11.9 Å². The van der Waals surface area contributed by atoms with Gasteiger partial charge in [0, 0.05) is 17.1 Å². The molecule has 1 heterocycles. The summed E-state index contributed by atoms with van der Waals surface area (Å²) in [6, 6.07) is 18.2. The van der Waals surface area contributed by atoms with Gasteiger partial charge in [0.05, 0.1) is 12.6 Å². The van der Waals surface area contributed by atoms with Crippen LogP contribution in [0.25, 0.3) is 0 Å². The van der Waals surface area contributed by atoms with E-state index in [1.165, 1.54) is 18.2 Å². The van der Waals surface area contributed by atoms with Gasteiger partial charge in [-0.15, -0.1) is 0 Å². The van der Waals surface area contributed by atoms with Crippen molar-refractivity contribution in [1.82, 2.24) is 4.90 Å². The molecule has 1 aliphatic rings. The summed E-state index contributed by atoms with van der Waals surface area (Å²) in [5.41, 5.74) is 3.20. The molecular formula is C24H21ClFNO3. The van der Waals surface area contributed by atoms with Crippen LogP contribution in [0.5, 0.6) is 5.75 Å². The molecule has 154 valence electrons. The Balaban J connectivity index is 1.57. The summed E-state index contributed by atoms with van der Waals surface area (Å²) >= 11 is 5.99. The first-order valence-electron chi connectivity index (χ1n) is 9.71. The number of ether oxygens (including phenoxy) is 1. The van der Waals surface area contributed by atoms with Gasteiger partial charge in [0.15, 0.2) is 0 Å². The lowest BCUT2D eigenvalue weighted by molar-refractivity contribution is -0.138. The Bertz CT molecular complexity index is 1070. The van der Waals surface area contributed by atoms with Crippen LogP contribution in [0.4, 0.5) is 4.39 Å². The lowest BCUT2D eigenvalue weighted by Crippen LogP contribution is -2.42. The number of rotatable bonds is 5.